The van der Waals surface area contributed by atoms with Gasteiger partial charge in [0.2, 0.25) is 5.75 Å². The van der Waals surface area contributed by atoms with Gasteiger partial charge >= 0.3 is 0 Å². The highest BCUT2D eigenvalue weighted by Crippen LogP contribution is 2.39. The zero-order chi connectivity index (χ0) is 44.0. The Labute approximate surface area is 375 Å². The Morgan fingerprint density at radius 1 is 0.565 bits per heavy atom. The average Bonchev–Trinajstić information content (AvgIpc) is 3.62. The van der Waals surface area contributed by atoms with Crippen LogP contribution in [0.1, 0.15) is 150 Å². The first-order valence-corrected chi connectivity index (χ1v) is 23.9. The van der Waals surface area contributed by atoms with E-state index in [1.54, 1.807) is 14.2 Å². The molecule has 62 heavy (non-hydrogen) atoms. The number of methoxy groups -OCH3 is 2. The van der Waals surface area contributed by atoms with Crippen LogP contribution in [0, 0.1) is 13.8 Å². The van der Waals surface area contributed by atoms with Crippen LogP contribution < -0.4 is 33.7 Å². The minimum atomic E-state index is 0.619. The molecule has 0 aliphatic heterocycles. The lowest BCUT2D eigenvalue weighted by atomic mass is 10.1. The molecule has 10 heteroatoms. The Balaban J connectivity index is 0.949. The minimum Gasteiger partial charge on any atom is -0.494 e. The molecular formula is C52H81N4O6+. The van der Waals surface area contributed by atoms with E-state index in [0.717, 1.165) is 87.8 Å². The van der Waals surface area contributed by atoms with E-state index in [1.165, 1.54) is 100 Å². The van der Waals surface area contributed by atoms with Crippen LogP contribution in [0.4, 0.5) is 0 Å². The molecule has 0 aliphatic rings. The molecule has 0 aliphatic carbocycles. The summed E-state index contributed by atoms with van der Waals surface area (Å²) in [4.78, 5) is 0. The minimum absolute atomic E-state index is 0.619. The molecule has 344 valence electrons. The second-order valence-electron chi connectivity index (χ2n) is 16.9. The number of rotatable bonds is 36. The van der Waals surface area contributed by atoms with E-state index < -0.39 is 0 Å². The SMILES string of the molecule is CCCCCCCCOc1c(OC)cc(CNCc2ccc(OCCCCCCCCCCOCc3c[n+](CCCCCCOc4cc(C)cc(C)c4)nn3C)cc2)cc1OC. The number of nitrogens with one attached hydrogen (secondary N) is 1. The van der Waals surface area contributed by atoms with Crippen LogP contribution in [0.5, 0.6) is 28.7 Å². The summed E-state index contributed by atoms with van der Waals surface area (Å²) in [5.41, 5.74) is 5.93. The van der Waals surface area contributed by atoms with Crippen molar-refractivity contribution >= 4 is 0 Å². The van der Waals surface area contributed by atoms with Gasteiger partial charge in [-0.25, -0.2) is 0 Å². The van der Waals surface area contributed by atoms with Crippen LogP contribution in [0.15, 0.2) is 60.8 Å². The zero-order valence-corrected chi connectivity index (χ0v) is 39.4. The first-order chi connectivity index (χ1) is 30.4. The Kier molecular flexibility index (Phi) is 25.0. The number of nitrogens with zero attached hydrogens (tertiary/aromatic N) is 3. The number of ether oxygens (including phenoxy) is 6. The molecule has 0 bridgehead atoms. The maximum Gasteiger partial charge on any atom is 0.203 e. The Morgan fingerprint density at radius 2 is 1.08 bits per heavy atom. The van der Waals surface area contributed by atoms with Crippen LogP contribution in [0.3, 0.4) is 0 Å². The molecule has 0 saturated heterocycles. The zero-order valence-electron chi connectivity index (χ0n) is 39.4. The molecule has 0 fully saturated rings. The molecule has 4 aromatic rings. The van der Waals surface area contributed by atoms with E-state index in [4.69, 9.17) is 28.4 Å². The van der Waals surface area contributed by atoms with Crippen molar-refractivity contribution in [2.75, 3.05) is 40.6 Å². The molecule has 4 rings (SSSR count). The normalized spacial score (nSPS) is 11.3. The predicted octanol–water partition coefficient (Wildman–Crippen LogP) is 11.7. The molecule has 3 aromatic carbocycles. The van der Waals surface area contributed by atoms with Gasteiger partial charge in [0.15, 0.2) is 23.4 Å². The lowest BCUT2D eigenvalue weighted by Crippen LogP contribution is -2.35. The van der Waals surface area contributed by atoms with Crippen molar-refractivity contribution in [3.63, 3.8) is 0 Å². The highest BCUT2D eigenvalue weighted by molar-refractivity contribution is 5.54. The van der Waals surface area contributed by atoms with E-state index in [2.05, 4.69) is 84.6 Å². The maximum atomic E-state index is 6.12. The molecule has 10 nitrogen and oxygen atoms in total. The third-order valence-electron chi connectivity index (χ3n) is 11.3. The first-order valence-electron chi connectivity index (χ1n) is 23.9. The number of aryl methyl sites for hydroxylation is 4. The van der Waals surface area contributed by atoms with Gasteiger partial charge in [-0.05, 0) is 117 Å². The number of benzene rings is 3. The van der Waals surface area contributed by atoms with Crippen LogP contribution >= 0.6 is 0 Å². The van der Waals surface area contributed by atoms with Gasteiger partial charge in [0, 0.05) is 19.7 Å². The Morgan fingerprint density at radius 3 is 1.68 bits per heavy atom. The van der Waals surface area contributed by atoms with Crippen LogP contribution in [0.2, 0.25) is 0 Å². The highest BCUT2D eigenvalue weighted by atomic mass is 16.5. The van der Waals surface area contributed by atoms with Gasteiger partial charge < -0.3 is 33.7 Å². The Hall–Kier alpha value is -4.28. The van der Waals surface area contributed by atoms with Crippen molar-refractivity contribution in [3.05, 3.63) is 88.7 Å². The van der Waals surface area contributed by atoms with Gasteiger partial charge in [-0.2, -0.15) is 0 Å². The molecule has 0 amide bonds. The fraction of sp³-hybridized carbons (Fsp3) is 0.615. The number of aromatic nitrogens is 3. The number of hydrogen-bond acceptors (Lipinski definition) is 8. The lowest BCUT2D eigenvalue weighted by Gasteiger charge is -2.16. The maximum absolute atomic E-state index is 6.12. The topological polar surface area (TPSA) is 89.1 Å². The van der Waals surface area contributed by atoms with Gasteiger partial charge in [0.05, 0.1) is 39.3 Å². The predicted molar refractivity (Wildman–Crippen MR) is 251 cm³/mol. The number of unbranched alkanes of at least 4 members (excludes halogenated alkanes) is 15. The molecule has 0 radical (unpaired) electrons. The van der Waals surface area contributed by atoms with Crippen molar-refractivity contribution in [3.8, 4) is 28.7 Å². The third kappa shape index (κ3) is 20.3. The summed E-state index contributed by atoms with van der Waals surface area (Å²) in [5.74, 6) is 4.02. The van der Waals surface area contributed by atoms with Gasteiger partial charge in [0.25, 0.3) is 0 Å². The summed E-state index contributed by atoms with van der Waals surface area (Å²) < 4.78 is 39.5. The average molecular weight is 858 g/mol. The third-order valence-corrected chi connectivity index (χ3v) is 11.3. The molecule has 0 spiro atoms. The molecule has 0 unspecified atom stereocenters. The number of hydrogen-bond donors (Lipinski definition) is 1. The van der Waals surface area contributed by atoms with Gasteiger partial charge in [-0.1, -0.05) is 95.8 Å². The molecule has 1 aromatic heterocycles. The fourth-order valence-electron chi connectivity index (χ4n) is 7.71. The largest absolute Gasteiger partial charge is 0.494 e. The summed E-state index contributed by atoms with van der Waals surface area (Å²) >= 11 is 0. The van der Waals surface area contributed by atoms with Crippen molar-refractivity contribution in [1.29, 1.82) is 0 Å². The van der Waals surface area contributed by atoms with Gasteiger partial charge in [-0.15, -0.1) is 9.36 Å². The van der Waals surface area contributed by atoms with Gasteiger partial charge in [-0.3, -0.25) is 0 Å². The summed E-state index contributed by atoms with van der Waals surface area (Å²) in [5, 5.41) is 8.19. The molecular weight excluding hydrogens is 777 g/mol. The second kappa shape index (κ2) is 30.7. The molecule has 1 N–H and O–H groups in total. The van der Waals surface area contributed by atoms with Crippen molar-refractivity contribution in [1.82, 2.24) is 15.2 Å². The standard InChI is InChI=1S/C52H81N4O6/c1-7-8-9-10-17-24-33-62-52-50(57-5)37-46(38-51(52)58-6)40-53-39-45-25-27-48(28-26-45)60-31-22-18-14-12-11-13-16-21-30-59-42-47-41-56(54-55(47)4)29-20-15-19-23-32-61-49-35-43(2)34-44(3)36-49/h25-28,34-38,41,53H,7-24,29-33,39-40,42H2,1-6H3/q+1. The summed E-state index contributed by atoms with van der Waals surface area (Å²) in [7, 11) is 5.38. The van der Waals surface area contributed by atoms with E-state index in [9.17, 15) is 0 Å². The quantitative estimate of drug-likeness (QED) is 0.0357. The highest BCUT2D eigenvalue weighted by Gasteiger charge is 2.15. The summed E-state index contributed by atoms with van der Waals surface area (Å²) in [6, 6.07) is 18.9. The Bertz CT molecular complexity index is 1730. The van der Waals surface area contributed by atoms with Gasteiger partial charge in [0.1, 0.15) is 31.7 Å². The van der Waals surface area contributed by atoms with Crippen molar-refractivity contribution < 1.29 is 33.1 Å². The van der Waals surface area contributed by atoms with Crippen LogP contribution in [-0.4, -0.2) is 50.5 Å². The summed E-state index contributed by atoms with van der Waals surface area (Å²) in [6.07, 6.45) is 23.8. The van der Waals surface area contributed by atoms with E-state index in [1.807, 2.05) is 23.9 Å². The molecule has 0 saturated carbocycles. The smallest absolute Gasteiger partial charge is 0.203 e. The molecule has 1 heterocycles. The van der Waals surface area contributed by atoms with Crippen molar-refractivity contribution in [2.24, 2.45) is 7.05 Å². The van der Waals surface area contributed by atoms with Crippen molar-refractivity contribution in [2.45, 2.75) is 163 Å². The van der Waals surface area contributed by atoms with E-state index >= 15 is 0 Å². The van der Waals surface area contributed by atoms with Crippen LogP contribution in [-0.2, 0) is 38.0 Å². The second-order valence-corrected chi connectivity index (χ2v) is 16.9. The lowest BCUT2D eigenvalue weighted by molar-refractivity contribution is -0.755. The molecule has 0 atom stereocenters. The fourth-order valence-corrected chi connectivity index (χ4v) is 7.71. The van der Waals surface area contributed by atoms with Crippen LogP contribution in [0.25, 0.3) is 0 Å². The monoisotopic (exact) mass is 858 g/mol. The first kappa shape index (κ1) is 50.4. The van der Waals surface area contributed by atoms with E-state index in [-0.39, 0.29) is 0 Å². The summed E-state index contributed by atoms with van der Waals surface area (Å²) in [6.45, 7) is 12.5. The van der Waals surface area contributed by atoms with E-state index in [0.29, 0.717) is 37.0 Å².